The molecule has 2 nitrogen and oxygen atoms in total. The maximum Gasteiger partial charge on any atom is 0.119 e. The number of ether oxygens (including phenoxy) is 1. The summed E-state index contributed by atoms with van der Waals surface area (Å²) in [7, 11) is 1.73. The summed E-state index contributed by atoms with van der Waals surface area (Å²) in [6.07, 6.45) is 11.7. The van der Waals surface area contributed by atoms with Gasteiger partial charge >= 0.3 is 0 Å². The standard InChI is InChI=1S/C19H27NO/c1-3-12-20-15-18(17-9-5-4-6-10-17)13-16-8-7-11-19(14-16)21-2/h3,5,7-9,11,14,17-18,20H,1,4,6,10,12-13,15H2,2H3. The highest BCUT2D eigenvalue weighted by Crippen LogP contribution is 2.28. The lowest BCUT2D eigenvalue weighted by Gasteiger charge is -2.27. The van der Waals surface area contributed by atoms with Gasteiger partial charge in [0.2, 0.25) is 0 Å². The molecule has 0 spiro atoms. The van der Waals surface area contributed by atoms with E-state index in [0.717, 1.165) is 25.3 Å². The number of rotatable bonds is 8. The van der Waals surface area contributed by atoms with Crippen LogP contribution in [0, 0.1) is 11.8 Å². The van der Waals surface area contributed by atoms with Gasteiger partial charge in [0.1, 0.15) is 5.75 Å². The first-order valence-electron chi connectivity index (χ1n) is 7.94. The van der Waals surface area contributed by atoms with Crippen molar-refractivity contribution >= 4 is 0 Å². The molecule has 0 fully saturated rings. The predicted molar refractivity (Wildman–Crippen MR) is 89.7 cm³/mol. The molecule has 0 amide bonds. The quantitative estimate of drug-likeness (QED) is 0.576. The Balaban J connectivity index is 2.04. The fourth-order valence-corrected chi connectivity index (χ4v) is 3.08. The summed E-state index contributed by atoms with van der Waals surface area (Å²) in [5.41, 5.74) is 1.36. The Bertz CT molecular complexity index is 466. The van der Waals surface area contributed by atoms with E-state index in [1.54, 1.807) is 7.11 Å². The fourth-order valence-electron chi connectivity index (χ4n) is 3.08. The Labute approximate surface area is 128 Å². The van der Waals surface area contributed by atoms with E-state index < -0.39 is 0 Å². The Morgan fingerprint density at radius 1 is 1.48 bits per heavy atom. The van der Waals surface area contributed by atoms with Gasteiger partial charge in [-0.1, -0.05) is 30.4 Å². The van der Waals surface area contributed by atoms with Crippen molar-refractivity contribution in [3.8, 4) is 5.75 Å². The van der Waals surface area contributed by atoms with Crippen LogP contribution >= 0.6 is 0 Å². The van der Waals surface area contributed by atoms with E-state index in [1.165, 1.54) is 24.8 Å². The summed E-state index contributed by atoms with van der Waals surface area (Å²) in [6, 6.07) is 8.46. The van der Waals surface area contributed by atoms with Crippen LogP contribution in [0.5, 0.6) is 5.75 Å². The van der Waals surface area contributed by atoms with E-state index in [4.69, 9.17) is 4.74 Å². The minimum atomic E-state index is 0.633. The summed E-state index contributed by atoms with van der Waals surface area (Å²) in [4.78, 5) is 0. The van der Waals surface area contributed by atoms with Crippen molar-refractivity contribution in [2.45, 2.75) is 25.7 Å². The largest absolute Gasteiger partial charge is 0.497 e. The lowest BCUT2D eigenvalue weighted by Crippen LogP contribution is -2.30. The Hall–Kier alpha value is -1.54. The third-order valence-electron chi connectivity index (χ3n) is 4.22. The molecule has 0 saturated heterocycles. The molecular weight excluding hydrogens is 258 g/mol. The molecule has 1 aliphatic carbocycles. The first kappa shape index (κ1) is 15.8. The highest BCUT2D eigenvalue weighted by molar-refractivity contribution is 5.29. The second kappa shape index (κ2) is 8.68. The monoisotopic (exact) mass is 285 g/mol. The molecule has 114 valence electrons. The molecule has 0 aromatic heterocycles. The van der Waals surface area contributed by atoms with Crippen LogP contribution in [0.25, 0.3) is 0 Å². The van der Waals surface area contributed by atoms with Crippen LogP contribution in [0.4, 0.5) is 0 Å². The molecule has 0 saturated carbocycles. The molecule has 1 aromatic rings. The van der Waals surface area contributed by atoms with Gasteiger partial charge in [-0.2, -0.15) is 0 Å². The van der Waals surface area contributed by atoms with Gasteiger partial charge in [-0.15, -0.1) is 6.58 Å². The molecule has 2 rings (SSSR count). The van der Waals surface area contributed by atoms with Gasteiger partial charge in [0, 0.05) is 6.54 Å². The first-order chi connectivity index (χ1) is 10.3. The van der Waals surface area contributed by atoms with Crippen molar-refractivity contribution in [2.24, 2.45) is 11.8 Å². The minimum absolute atomic E-state index is 0.633. The van der Waals surface area contributed by atoms with Gasteiger partial charge in [0.25, 0.3) is 0 Å². The fraction of sp³-hybridized carbons (Fsp3) is 0.474. The number of nitrogens with one attached hydrogen (secondary N) is 1. The van der Waals surface area contributed by atoms with E-state index in [-0.39, 0.29) is 0 Å². The predicted octanol–water partition coefficient (Wildman–Crippen LogP) is 3.99. The third-order valence-corrected chi connectivity index (χ3v) is 4.22. The van der Waals surface area contributed by atoms with Crippen LogP contribution < -0.4 is 10.1 Å². The lowest BCUT2D eigenvalue weighted by molar-refractivity contribution is 0.342. The van der Waals surface area contributed by atoms with Gasteiger partial charge in [-0.05, 0) is 61.8 Å². The number of allylic oxidation sites excluding steroid dienone is 2. The molecular formula is C19H27NO. The lowest BCUT2D eigenvalue weighted by atomic mass is 9.81. The van der Waals surface area contributed by atoms with E-state index in [2.05, 4.69) is 42.2 Å². The van der Waals surface area contributed by atoms with Crippen molar-refractivity contribution in [3.05, 3.63) is 54.6 Å². The van der Waals surface area contributed by atoms with Crippen LogP contribution in [0.1, 0.15) is 24.8 Å². The van der Waals surface area contributed by atoms with Crippen LogP contribution in [0.3, 0.4) is 0 Å². The Morgan fingerprint density at radius 3 is 3.10 bits per heavy atom. The molecule has 0 radical (unpaired) electrons. The maximum absolute atomic E-state index is 5.34. The van der Waals surface area contributed by atoms with Crippen LogP contribution in [0.2, 0.25) is 0 Å². The van der Waals surface area contributed by atoms with Crippen molar-refractivity contribution in [1.29, 1.82) is 0 Å². The van der Waals surface area contributed by atoms with E-state index >= 15 is 0 Å². The van der Waals surface area contributed by atoms with E-state index in [1.807, 2.05) is 12.1 Å². The van der Waals surface area contributed by atoms with Gasteiger partial charge < -0.3 is 10.1 Å². The second-order valence-electron chi connectivity index (χ2n) is 5.79. The van der Waals surface area contributed by atoms with Gasteiger partial charge in [0.05, 0.1) is 7.11 Å². The SMILES string of the molecule is C=CCNCC(Cc1cccc(OC)c1)C1C=CCCC1. The number of hydrogen-bond donors (Lipinski definition) is 1. The minimum Gasteiger partial charge on any atom is -0.497 e. The van der Waals surface area contributed by atoms with Gasteiger partial charge in [-0.3, -0.25) is 0 Å². The molecule has 0 aliphatic heterocycles. The first-order valence-corrected chi connectivity index (χ1v) is 7.94. The number of benzene rings is 1. The average Bonchev–Trinajstić information content (AvgIpc) is 2.55. The van der Waals surface area contributed by atoms with Crippen molar-refractivity contribution in [2.75, 3.05) is 20.2 Å². The normalized spacial score (nSPS) is 19.2. The summed E-state index contributed by atoms with van der Waals surface area (Å²) in [5, 5.41) is 3.50. The van der Waals surface area contributed by atoms with Crippen molar-refractivity contribution in [1.82, 2.24) is 5.32 Å². The number of hydrogen-bond acceptors (Lipinski definition) is 2. The van der Waals surface area contributed by atoms with Crippen LogP contribution in [-0.4, -0.2) is 20.2 Å². The van der Waals surface area contributed by atoms with Crippen molar-refractivity contribution in [3.63, 3.8) is 0 Å². The molecule has 21 heavy (non-hydrogen) atoms. The molecule has 1 aliphatic rings. The zero-order valence-corrected chi connectivity index (χ0v) is 13.1. The maximum atomic E-state index is 5.34. The van der Waals surface area contributed by atoms with Crippen molar-refractivity contribution < 1.29 is 4.74 Å². The summed E-state index contributed by atoms with van der Waals surface area (Å²) >= 11 is 0. The van der Waals surface area contributed by atoms with Gasteiger partial charge in [-0.25, -0.2) is 0 Å². The van der Waals surface area contributed by atoms with Crippen LogP contribution in [0.15, 0.2) is 49.1 Å². The molecule has 0 heterocycles. The zero-order chi connectivity index (χ0) is 14.9. The Morgan fingerprint density at radius 2 is 2.38 bits per heavy atom. The summed E-state index contributed by atoms with van der Waals surface area (Å²) in [5.74, 6) is 2.26. The molecule has 2 unspecified atom stereocenters. The van der Waals surface area contributed by atoms with E-state index in [0.29, 0.717) is 11.8 Å². The third kappa shape index (κ3) is 5.05. The van der Waals surface area contributed by atoms with E-state index in [9.17, 15) is 0 Å². The molecule has 2 atom stereocenters. The molecule has 1 N–H and O–H groups in total. The smallest absolute Gasteiger partial charge is 0.119 e. The molecule has 0 bridgehead atoms. The summed E-state index contributed by atoms with van der Waals surface area (Å²) < 4.78 is 5.34. The molecule has 2 heteroatoms. The second-order valence-corrected chi connectivity index (χ2v) is 5.79. The average molecular weight is 285 g/mol. The highest BCUT2D eigenvalue weighted by atomic mass is 16.5. The molecule has 1 aromatic carbocycles. The highest BCUT2D eigenvalue weighted by Gasteiger charge is 2.20. The number of methoxy groups -OCH3 is 1. The summed E-state index contributed by atoms with van der Waals surface area (Å²) in [6.45, 7) is 5.70. The zero-order valence-electron chi connectivity index (χ0n) is 13.1. The Kier molecular flexibility index (Phi) is 6.55. The topological polar surface area (TPSA) is 21.3 Å². The van der Waals surface area contributed by atoms with Crippen LogP contribution in [-0.2, 0) is 6.42 Å². The van der Waals surface area contributed by atoms with Gasteiger partial charge in [0.15, 0.2) is 0 Å².